The van der Waals surface area contributed by atoms with E-state index in [0.717, 1.165) is 5.56 Å². The standard InChI is InChI=1S/C11H14N2O2/c12-8-3-1-7(2-4-8)11(10(14)15)5-9(13)6-11/h1-4,9H,5-6,12-13H2,(H,14,15). The van der Waals surface area contributed by atoms with E-state index in [0.29, 0.717) is 18.5 Å². The second-order valence-electron chi connectivity index (χ2n) is 4.18. The van der Waals surface area contributed by atoms with Crippen molar-refractivity contribution in [3.63, 3.8) is 0 Å². The Balaban J connectivity index is 2.34. The van der Waals surface area contributed by atoms with Crippen molar-refractivity contribution in [2.75, 3.05) is 5.73 Å². The fraction of sp³-hybridized carbons (Fsp3) is 0.364. The second-order valence-corrected chi connectivity index (χ2v) is 4.18. The first-order valence-electron chi connectivity index (χ1n) is 4.89. The molecular weight excluding hydrogens is 192 g/mol. The van der Waals surface area contributed by atoms with Gasteiger partial charge in [0.25, 0.3) is 0 Å². The van der Waals surface area contributed by atoms with Gasteiger partial charge in [-0.3, -0.25) is 4.79 Å². The maximum Gasteiger partial charge on any atom is 0.314 e. The van der Waals surface area contributed by atoms with E-state index in [1.807, 2.05) is 0 Å². The first-order valence-corrected chi connectivity index (χ1v) is 4.89. The number of carboxylic acids is 1. The first-order chi connectivity index (χ1) is 7.04. The Bertz CT molecular complexity index is 380. The van der Waals surface area contributed by atoms with Gasteiger partial charge in [0, 0.05) is 11.7 Å². The van der Waals surface area contributed by atoms with Gasteiger partial charge in [-0.15, -0.1) is 0 Å². The second kappa shape index (κ2) is 3.24. The van der Waals surface area contributed by atoms with E-state index in [4.69, 9.17) is 11.5 Å². The van der Waals surface area contributed by atoms with Crippen molar-refractivity contribution >= 4 is 11.7 Å². The number of rotatable bonds is 2. The molecule has 2 rings (SSSR count). The summed E-state index contributed by atoms with van der Waals surface area (Å²) in [5.74, 6) is -0.797. The molecule has 0 unspecified atom stereocenters. The van der Waals surface area contributed by atoms with Gasteiger partial charge in [-0.2, -0.15) is 0 Å². The lowest BCUT2D eigenvalue weighted by atomic mass is 9.62. The molecule has 0 radical (unpaired) electrons. The zero-order valence-corrected chi connectivity index (χ0v) is 8.31. The Morgan fingerprint density at radius 2 is 1.87 bits per heavy atom. The molecule has 1 aliphatic carbocycles. The van der Waals surface area contributed by atoms with Crippen LogP contribution in [0.4, 0.5) is 5.69 Å². The quantitative estimate of drug-likeness (QED) is 0.622. The van der Waals surface area contributed by atoms with E-state index in [2.05, 4.69) is 0 Å². The molecule has 0 spiro atoms. The number of hydrogen-bond acceptors (Lipinski definition) is 3. The fourth-order valence-electron chi connectivity index (χ4n) is 2.17. The van der Waals surface area contributed by atoms with E-state index in [1.54, 1.807) is 24.3 Å². The zero-order valence-electron chi connectivity index (χ0n) is 8.31. The van der Waals surface area contributed by atoms with Crippen LogP contribution >= 0.6 is 0 Å². The average molecular weight is 206 g/mol. The summed E-state index contributed by atoms with van der Waals surface area (Å²) in [5, 5.41) is 9.24. The minimum Gasteiger partial charge on any atom is -0.481 e. The molecule has 4 heteroatoms. The number of aliphatic carboxylic acids is 1. The van der Waals surface area contributed by atoms with E-state index < -0.39 is 11.4 Å². The molecule has 1 fully saturated rings. The summed E-state index contributed by atoms with van der Waals surface area (Å²) >= 11 is 0. The highest BCUT2D eigenvalue weighted by atomic mass is 16.4. The van der Waals surface area contributed by atoms with Crippen LogP contribution in [0, 0.1) is 0 Å². The molecule has 80 valence electrons. The topological polar surface area (TPSA) is 89.3 Å². The van der Waals surface area contributed by atoms with Crippen LogP contribution in [0.1, 0.15) is 18.4 Å². The predicted molar refractivity (Wildman–Crippen MR) is 57.4 cm³/mol. The van der Waals surface area contributed by atoms with Crippen molar-refractivity contribution in [2.24, 2.45) is 5.73 Å². The molecule has 0 bridgehead atoms. The van der Waals surface area contributed by atoms with Gasteiger partial charge in [0.1, 0.15) is 0 Å². The van der Waals surface area contributed by atoms with Crippen molar-refractivity contribution in [3.05, 3.63) is 29.8 Å². The van der Waals surface area contributed by atoms with Crippen molar-refractivity contribution in [3.8, 4) is 0 Å². The molecule has 1 aliphatic rings. The Labute approximate surface area is 87.9 Å². The SMILES string of the molecule is Nc1ccc(C2(C(=O)O)CC(N)C2)cc1. The molecular formula is C11H14N2O2. The highest BCUT2D eigenvalue weighted by molar-refractivity contribution is 5.83. The van der Waals surface area contributed by atoms with Gasteiger partial charge in [-0.25, -0.2) is 0 Å². The molecule has 15 heavy (non-hydrogen) atoms. The lowest BCUT2D eigenvalue weighted by molar-refractivity contribution is -0.148. The highest BCUT2D eigenvalue weighted by Gasteiger charge is 2.50. The van der Waals surface area contributed by atoms with Gasteiger partial charge in [0.05, 0.1) is 5.41 Å². The van der Waals surface area contributed by atoms with Gasteiger partial charge in [0.15, 0.2) is 0 Å². The van der Waals surface area contributed by atoms with Gasteiger partial charge in [-0.1, -0.05) is 12.1 Å². The van der Waals surface area contributed by atoms with Gasteiger partial charge < -0.3 is 16.6 Å². The lowest BCUT2D eigenvalue weighted by Crippen LogP contribution is -2.54. The molecule has 4 nitrogen and oxygen atoms in total. The average Bonchev–Trinajstić information content (AvgIpc) is 2.13. The summed E-state index contributed by atoms with van der Waals surface area (Å²) in [5.41, 5.74) is 11.9. The molecule has 0 aromatic heterocycles. The molecule has 0 aliphatic heterocycles. The number of carboxylic acid groups (broad SMARTS) is 1. The van der Waals surface area contributed by atoms with Crippen molar-refractivity contribution < 1.29 is 9.90 Å². The largest absolute Gasteiger partial charge is 0.481 e. The maximum atomic E-state index is 11.2. The molecule has 1 saturated carbocycles. The minimum atomic E-state index is -0.797. The Kier molecular flexibility index (Phi) is 2.16. The summed E-state index contributed by atoms with van der Waals surface area (Å²) in [4.78, 5) is 11.2. The molecule has 5 N–H and O–H groups in total. The number of hydrogen-bond donors (Lipinski definition) is 3. The lowest BCUT2D eigenvalue weighted by Gasteiger charge is -2.43. The summed E-state index contributed by atoms with van der Waals surface area (Å²) in [6, 6.07) is 7.00. The van der Waals surface area contributed by atoms with E-state index in [9.17, 15) is 9.90 Å². The fourth-order valence-corrected chi connectivity index (χ4v) is 2.17. The van der Waals surface area contributed by atoms with E-state index in [-0.39, 0.29) is 6.04 Å². The van der Waals surface area contributed by atoms with Crippen LogP contribution in [-0.4, -0.2) is 17.1 Å². The predicted octanol–water partition coefficient (Wildman–Crippen LogP) is 0.712. The zero-order chi connectivity index (χ0) is 11.1. The summed E-state index contributed by atoms with van der Waals surface area (Å²) in [6.45, 7) is 0. The number of nitrogens with two attached hydrogens (primary N) is 2. The smallest absolute Gasteiger partial charge is 0.314 e. The maximum absolute atomic E-state index is 11.2. The van der Waals surface area contributed by atoms with Crippen LogP contribution < -0.4 is 11.5 Å². The third-order valence-corrected chi connectivity index (χ3v) is 3.09. The van der Waals surface area contributed by atoms with Crippen LogP contribution in [-0.2, 0) is 10.2 Å². The number of benzene rings is 1. The van der Waals surface area contributed by atoms with Crippen LogP contribution in [0.3, 0.4) is 0 Å². The van der Waals surface area contributed by atoms with E-state index >= 15 is 0 Å². The van der Waals surface area contributed by atoms with E-state index in [1.165, 1.54) is 0 Å². The van der Waals surface area contributed by atoms with Crippen LogP contribution in [0.2, 0.25) is 0 Å². The van der Waals surface area contributed by atoms with Crippen LogP contribution in [0.5, 0.6) is 0 Å². The number of anilines is 1. The molecule has 0 atom stereocenters. The summed E-state index contributed by atoms with van der Waals surface area (Å²) < 4.78 is 0. The normalized spacial score (nSPS) is 29.5. The van der Waals surface area contributed by atoms with Crippen LogP contribution in [0.25, 0.3) is 0 Å². The monoisotopic (exact) mass is 206 g/mol. The summed E-state index contributed by atoms with van der Waals surface area (Å²) in [7, 11) is 0. The molecule has 1 aromatic rings. The molecule has 1 aromatic carbocycles. The van der Waals surface area contributed by atoms with Gasteiger partial charge in [-0.05, 0) is 30.5 Å². The van der Waals surface area contributed by atoms with Crippen LogP contribution in [0.15, 0.2) is 24.3 Å². The Morgan fingerprint density at radius 1 is 1.33 bits per heavy atom. The van der Waals surface area contributed by atoms with Gasteiger partial charge in [0.2, 0.25) is 0 Å². The third kappa shape index (κ3) is 1.47. The van der Waals surface area contributed by atoms with Crippen molar-refractivity contribution in [1.82, 2.24) is 0 Å². The minimum absolute atomic E-state index is 0.00125. The van der Waals surface area contributed by atoms with Gasteiger partial charge >= 0.3 is 5.97 Å². The third-order valence-electron chi connectivity index (χ3n) is 3.09. The van der Waals surface area contributed by atoms with Crippen molar-refractivity contribution in [1.29, 1.82) is 0 Å². The molecule has 0 amide bonds. The Morgan fingerprint density at radius 3 is 2.27 bits per heavy atom. The Hall–Kier alpha value is -1.55. The molecule has 0 heterocycles. The number of nitrogen functional groups attached to an aromatic ring is 1. The highest BCUT2D eigenvalue weighted by Crippen LogP contribution is 2.43. The first kappa shape index (κ1) is 9.98. The van der Waals surface area contributed by atoms with Crippen molar-refractivity contribution in [2.45, 2.75) is 24.3 Å². The summed E-state index contributed by atoms with van der Waals surface area (Å²) in [6.07, 6.45) is 1.01. The number of carbonyl (C=O) groups is 1. The molecule has 0 saturated heterocycles.